The second-order valence-corrected chi connectivity index (χ2v) is 5.72. The molecule has 1 N–H and O–H groups in total. The van der Waals surface area contributed by atoms with E-state index in [0.29, 0.717) is 41.8 Å². The summed E-state index contributed by atoms with van der Waals surface area (Å²) in [5.41, 5.74) is 2.42. The van der Waals surface area contributed by atoms with E-state index in [4.69, 9.17) is 21.1 Å². The van der Waals surface area contributed by atoms with Crippen LogP contribution in [0.2, 0.25) is 5.02 Å². The molecule has 5 heteroatoms. The monoisotopic (exact) mass is 347 g/mol. The number of amides is 1. The molecule has 128 valence electrons. The average Bonchev–Trinajstić information content (AvgIpc) is 2.55. The van der Waals surface area contributed by atoms with E-state index < -0.39 is 0 Å². The topological polar surface area (TPSA) is 47.6 Å². The SMILES string of the molecule is CCOc1ccc(CNC(=O)c2ccc(C)cc2Cl)cc1OCC. The molecule has 0 aliphatic carbocycles. The van der Waals surface area contributed by atoms with Crippen molar-refractivity contribution in [1.82, 2.24) is 5.32 Å². The molecule has 0 radical (unpaired) electrons. The molecule has 4 nitrogen and oxygen atoms in total. The number of hydrogen-bond acceptors (Lipinski definition) is 3. The van der Waals surface area contributed by atoms with Gasteiger partial charge in [0, 0.05) is 6.54 Å². The average molecular weight is 348 g/mol. The van der Waals surface area contributed by atoms with Crippen molar-refractivity contribution in [1.29, 1.82) is 0 Å². The molecule has 0 saturated carbocycles. The lowest BCUT2D eigenvalue weighted by Crippen LogP contribution is -2.23. The van der Waals surface area contributed by atoms with Gasteiger partial charge in [-0.3, -0.25) is 4.79 Å². The number of hydrogen-bond donors (Lipinski definition) is 1. The van der Waals surface area contributed by atoms with Gasteiger partial charge < -0.3 is 14.8 Å². The first-order valence-electron chi connectivity index (χ1n) is 7.98. The minimum Gasteiger partial charge on any atom is -0.490 e. The minimum atomic E-state index is -0.202. The molecule has 2 aromatic rings. The smallest absolute Gasteiger partial charge is 0.253 e. The predicted octanol–water partition coefficient (Wildman–Crippen LogP) is 4.38. The van der Waals surface area contributed by atoms with Crippen LogP contribution in [0.3, 0.4) is 0 Å². The molecule has 0 atom stereocenters. The molecule has 0 fully saturated rings. The lowest BCUT2D eigenvalue weighted by molar-refractivity contribution is 0.0951. The molecule has 0 spiro atoms. The quantitative estimate of drug-likeness (QED) is 0.808. The molecule has 0 aromatic heterocycles. The summed E-state index contributed by atoms with van der Waals surface area (Å²) in [7, 11) is 0. The highest BCUT2D eigenvalue weighted by atomic mass is 35.5. The van der Waals surface area contributed by atoms with Crippen molar-refractivity contribution in [2.45, 2.75) is 27.3 Å². The molecule has 0 aliphatic rings. The third-order valence-corrected chi connectivity index (χ3v) is 3.74. The van der Waals surface area contributed by atoms with Crippen LogP contribution in [-0.4, -0.2) is 19.1 Å². The van der Waals surface area contributed by atoms with Gasteiger partial charge in [0.15, 0.2) is 11.5 Å². The van der Waals surface area contributed by atoms with Crippen molar-refractivity contribution < 1.29 is 14.3 Å². The molecule has 0 heterocycles. The summed E-state index contributed by atoms with van der Waals surface area (Å²) in [5.74, 6) is 1.18. The summed E-state index contributed by atoms with van der Waals surface area (Å²) in [4.78, 5) is 12.3. The Balaban J connectivity index is 2.08. The first kappa shape index (κ1) is 18.1. The third-order valence-electron chi connectivity index (χ3n) is 3.43. The van der Waals surface area contributed by atoms with E-state index in [-0.39, 0.29) is 5.91 Å². The van der Waals surface area contributed by atoms with Crippen LogP contribution in [0.1, 0.15) is 35.3 Å². The summed E-state index contributed by atoms with van der Waals surface area (Å²) in [6.07, 6.45) is 0. The van der Waals surface area contributed by atoms with Gasteiger partial charge in [0.2, 0.25) is 0 Å². The highest BCUT2D eigenvalue weighted by Crippen LogP contribution is 2.28. The fourth-order valence-electron chi connectivity index (χ4n) is 2.29. The van der Waals surface area contributed by atoms with Gasteiger partial charge >= 0.3 is 0 Å². The maximum absolute atomic E-state index is 12.3. The zero-order valence-electron chi connectivity index (χ0n) is 14.2. The second-order valence-electron chi connectivity index (χ2n) is 5.31. The number of carbonyl (C=O) groups excluding carboxylic acids is 1. The fourth-order valence-corrected chi connectivity index (χ4v) is 2.61. The Morgan fingerprint density at radius 2 is 1.75 bits per heavy atom. The van der Waals surface area contributed by atoms with Gasteiger partial charge in [-0.05, 0) is 56.2 Å². The number of ether oxygens (including phenoxy) is 2. The van der Waals surface area contributed by atoms with Crippen molar-refractivity contribution in [3.8, 4) is 11.5 Å². The second kappa shape index (κ2) is 8.60. The van der Waals surface area contributed by atoms with Crippen molar-refractivity contribution in [3.05, 3.63) is 58.1 Å². The molecule has 2 rings (SSSR count). The Kier molecular flexibility index (Phi) is 6.50. The van der Waals surface area contributed by atoms with E-state index in [1.165, 1.54) is 0 Å². The Morgan fingerprint density at radius 3 is 2.42 bits per heavy atom. The Morgan fingerprint density at radius 1 is 1.04 bits per heavy atom. The number of aryl methyl sites for hydroxylation is 1. The van der Waals surface area contributed by atoms with Crippen LogP contribution in [0.25, 0.3) is 0 Å². The predicted molar refractivity (Wildman–Crippen MR) is 96.1 cm³/mol. The van der Waals surface area contributed by atoms with Crippen molar-refractivity contribution >= 4 is 17.5 Å². The number of carbonyl (C=O) groups is 1. The lowest BCUT2D eigenvalue weighted by atomic mass is 10.1. The van der Waals surface area contributed by atoms with E-state index in [1.54, 1.807) is 12.1 Å². The highest BCUT2D eigenvalue weighted by Gasteiger charge is 2.11. The van der Waals surface area contributed by atoms with Crippen LogP contribution in [0.15, 0.2) is 36.4 Å². The molecular formula is C19H22ClNO3. The largest absolute Gasteiger partial charge is 0.490 e. The number of rotatable bonds is 7. The number of nitrogens with one attached hydrogen (secondary N) is 1. The molecular weight excluding hydrogens is 326 g/mol. The standard InChI is InChI=1S/C19H22ClNO3/c1-4-23-17-9-7-14(11-18(17)24-5-2)12-21-19(22)15-8-6-13(3)10-16(15)20/h6-11H,4-5,12H2,1-3H3,(H,21,22). The number of halogens is 1. The molecule has 0 unspecified atom stereocenters. The molecule has 0 bridgehead atoms. The van der Waals surface area contributed by atoms with Gasteiger partial charge in [0.25, 0.3) is 5.91 Å². The van der Waals surface area contributed by atoms with Gasteiger partial charge in [-0.2, -0.15) is 0 Å². The zero-order chi connectivity index (χ0) is 17.5. The van der Waals surface area contributed by atoms with E-state index in [0.717, 1.165) is 11.1 Å². The van der Waals surface area contributed by atoms with E-state index in [2.05, 4.69) is 5.32 Å². The normalized spacial score (nSPS) is 10.3. The van der Waals surface area contributed by atoms with Crippen LogP contribution in [-0.2, 0) is 6.54 Å². The lowest BCUT2D eigenvalue weighted by Gasteiger charge is -2.13. The first-order chi connectivity index (χ1) is 11.5. The van der Waals surface area contributed by atoms with Crippen molar-refractivity contribution in [2.75, 3.05) is 13.2 Å². The molecule has 0 saturated heterocycles. The van der Waals surface area contributed by atoms with Crippen molar-refractivity contribution in [2.24, 2.45) is 0 Å². The molecule has 1 amide bonds. The van der Waals surface area contributed by atoms with E-state index in [1.807, 2.05) is 45.0 Å². The fraction of sp³-hybridized carbons (Fsp3) is 0.316. The highest BCUT2D eigenvalue weighted by molar-refractivity contribution is 6.33. The Bertz CT molecular complexity index is 716. The summed E-state index contributed by atoms with van der Waals surface area (Å²) in [6.45, 7) is 7.29. The summed E-state index contributed by atoms with van der Waals surface area (Å²) >= 11 is 6.13. The van der Waals surface area contributed by atoms with Crippen molar-refractivity contribution in [3.63, 3.8) is 0 Å². The number of benzene rings is 2. The summed E-state index contributed by atoms with van der Waals surface area (Å²) in [5, 5.41) is 3.33. The third kappa shape index (κ3) is 4.65. The van der Waals surface area contributed by atoms with Gasteiger partial charge in [-0.15, -0.1) is 0 Å². The first-order valence-corrected chi connectivity index (χ1v) is 8.35. The van der Waals surface area contributed by atoms with Crippen LogP contribution >= 0.6 is 11.6 Å². The Labute approximate surface area is 147 Å². The molecule has 0 aliphatic heterocycles. The van der Waals surface area contributed by atoms with Crippen LogP contribution in [0, 0.1) is 6.92 Å². The van der Waals surface area contributed by atoms with E-state index >= 15 is 0 Å². The van der Waals surface area contributed by atoms with Gasteiger partial charge in [0.1, 0.15) is 0 Å². The maximum atomic E-state index is 12.3. The van der Waals surface area contributed by atoms with E-state index in [9.17, 15) is 4.79 Å². The minimum absolute atomic E-state index is 0.202. The Hall–Kier alpha value is -2.20. The molecule has 24 heavy (non-hydrogen) atoms. The molecule has 2 aromatic carbocycles. The summed E-state index contributed by atoms with van der Waals surface area (Å²) < 4.78 is 11.1. The summed E-state index contributed by atoms with van der Waals surface area (Å²) in [6, 6.07) is 11.0. The van der Waals surface area contributed by atoms with Crippen LogP contribution in [0.4, 0.5) is 0 Å². The van der Waals surface area contributed by atoms with Crippen LogP contribution in [0.5, 0.6) is 11.5 Å². The van der Waals surface area contributed by atoms with Crippen LogP contribution < -0.4 is 14.8 Å². The van der Waals surface area contributed by atoms with Gasteiger partial charge in [-0.1, -0.05) is 23.7 Å². The zero-order valence-corrected chi connectivity index (χ0v) is 14.9. The maximum Gasteiger partial charge on any atom is 0.253 e. The van der Waals surface area contributed by atoms with Gasteiger partial charge in [0.05, 0.1) is 23.8 Å². The van der Waals surface area contributed by atoms with Gasteiger partial charge in [-0.25, -0.2) is 0 Å².